The van der Waals surface area contributed by atoms with Gasteiger partial charge in [-0.3, -0.25) is 4.90 Å². The van der Waals surface area contributed by atoms with Crippen LogP contribution in [0.3, 0.4) is 0 Å². The zero-order valence-corrected chi connectivity index (χ0v) is 10.4. The van der Waals surface area contributed by atoms with Crippen LogP contribution in [0.25, 0.3) is 0 Å². The molecule has 0 aromatic carbocycles. The molecule has 1 heterocycles. The zero-order valence-electron chi connectivity index (χ0n) is 10.4. The predicted molar refractivity (Wildman–Crippen MR) is 61.1 cm³/mol. The quantitative estimate of drug-likeness (QED) is 0.650. The minimum atomic E-state index is 0.685. The molecule has 0 aromatic rings. The van der Waals surface area contributed by atoms with Crippen LogP contribution >= 0.6 is 0 Å². The lowest BCUT2D eigenvalue weighted by molar-refractivity contribution is -0.0272. The maximum Gasteiger partial charge on any atom is 0.00530 e. The molecule has 0 N–H and O–H groups in total. The second-order valence-electron chi connectivity index (χ2n) is 4.21. The van der Waals surface area contributed by atoms with Gasteiger partial charge in [0.25, 0.3) is 0 Å². The molecule has 0 saturated carbocycles. The number of hydrogen-bond donors (Lipinski definition) is 0. The third-order valence-electron chi connectivity index (χ3n) is 3.31. The maximum absolute atomic E-state index is 2.56. The van der Waals surface area contributed by atoms with Crippen molar-refractivity contribution in [2.24, 2.45) is 5.41 Å². The fraction of sp³-hybridized carbons (Fsp3) is 1.00. The molecule has 0 bridgehead atoms. The molecule has 0 atom stereocenters. The van der Waals surface area contributed by atoms with Gasteiger partial charge in [0.05, 0.1) is 0 Å². The van der Waals surface area contributed by atoms with Gasteiger partial charge >= 0.3 is 0 Å². The van der Waals surface area contributed by atoms with Crippen molar-refractivity contribution in [3.05, 3.63) is 0 Å². The lowest BCUT2D eigenvalue weighted by atomic mass is 9.74. The molecule has 1 nitrogen and oxygen atoms in total. The molecule has 1 rings (SSSR count). The van der Waals surface area contributed by atoms with E-state index in [-0.39, 0.29) is 0 Å². The fourth-order valence-electron chi connectivity index (χ4n) is 1.88. The Morgan fingerprint density at radius 2 is 1.46 bits per heavy atom. The first-order valence-corrected chi connectivity index (χ1v) is 5.87. The third-order valence-corrected chi connectivity index (χ3v) is 3.31. The van der Waals surface area contributed by atoms with E-state index in [0.717, 1.165) is 6.04 Å². The monoisotopic (exact) mass is 185 g/mol. The lowest BCUT2D eigenvalue weighted by Gasteiger charge is -2.52. The summed E-state index contributed by atoms with van der Waals surface area (Å²) in [5, 5.41) is 0. The minimum Gasteiger partial charge on any atom is -0.300 e. The van der Waals surface area contributed by atoms with Gasteiger partial charge in [0.15, 0.2) is 0 Å². The Hall–Kier alpha value is -0.0400. The smallest absolute Gasteiger partial charge is 0.00530 e. The molecule has 1 aliphatic heterocycles. The number of hydrogen-bond acceptors (Lipinski definition) is 1. The Morgan fingerprint density at radius 1 is 1.08 bits per heavy atom. The van der Waals surface area contributed by atoms with Crippen LogP contribution in [-0.2, 0) is 0 Å². The molecule has 1 fully saturated rings. The summed E-state index contributed by atoms with van der Waals surface area (Å²) in [5.41, 5.74) is 0.685. The molecule has 0 amide bonds. The first kappa shape index (κ1) is 13.0. The average Bonchev–Trinajstić information content (AvgIpc) is 2.08. The molecular formula is C12H27N. The summed E-state index contributed by atoms with van der Waals surface area (Å²) in [6.45, 7) is 15.9. The van der Waals surface area contributed by atoms with E-state index in [1.165, 1.54) is 25.9 Å². The Balaban J connectivity index is 0.000000671. The SMILES string of the molecule is CC.CCC1(CC)CN(C(C)C)C1. The summed E-state index contributed by atoms with van der Waals surface area (Å²) >= 11 is 0. The van der Waals surface area contributed by atoms with Gasteiger partial charge in [0.2, 0.25) is 0 Å². The van der Waals surface area contributed by atoms with Crippen molar-refractivity contribution in [3.63, 3.8) is 0 Å². The summed E-state index contributed by atoms with van der Waals surface area (Å²) in [7, 11) is 0. The summed E-state index contributed by atoms with van der Waals surface area (Å²) in [6.07, 6.45) is 2.71. The molecule has 0 aromatic heterocycles. The van der Waals surface area contributed by atoms with Gasteiger partial charge in [-0.05, 0) is 32.1 Å². The molecule has 13 heavy (non-hydrogen) atoms. The van der Waals surface area contributed by atoms with E-state index in [0.29, 0.717) is 5.41 Å². The Labute approximate surface area is 84.5 Å². The molecule has 80 valence electrons. The Morgan fingerprint density at radius 3 is 1.69 bits per heavy atom. The third kappa shape index (κ3) is 2.98. The Bertz CT molecular complexity index is 117. The van der Waals surface area contributed by atoms with Gasteiger partial charge < -0.3 is 0 Å². The highest BCUT2D eigenvalue weighted by atomic mass is 15.2. The van der Waals surface area contributed by atoms with E-state index in [9.17, 15) is 0 Å². The summed E-state index contributed by atoms with van der Waals surface area (Å²) in [4.78, 5) is 2.56. The number of likely N-dealkylation sites (tertiary alicyclic amines) is 1. The van der Waals surface area contributed by atoms with Crippen molar-refractivity contribution in [2.75, 3.05) is 13.1 Å². The number of nitrogens with zero attached hydrogens (tertiary/aromatic N) is 1. The maximum atomic E-state index is 2.56. The molecule has 1 heteroatoms. The van der Waals surface area contributed by atoms with Crippen LogP contribution in [0, 0.1) is 5.41 Å². The molecule has 0 unspecified atom stereocenters. The first-order valence-electron chi connectivity index (χ1n) is 5.87. The van der Waals surface area contributed by atoms with E-state index in [1.807, 2.05) is 13.8 Å². The van der Waals surface area contributed by atoms with Gasteiger partial charge in [-0.15, -0.1) is 0 Å². The van der Waals surface area contributed by atoms with Gasteiger partial charge in [-0.25, -0.2) is 0 Å². The highest BCUT2D eigenvalue weighted by Crippen LogP contribution is 2.37. The molecule has 0 aliphatic carbocycles. The zero-order chi connectivity index (χ0) is 10.5. The van der Waals surface area contributed by atoms with Crippen molar-refractivity contribution in [3.8, 4) is 0 Å². The highest BCUT2D eigenvalue weighted by molar-refractivity contribution is 4.93. The van der Waals surface area contributed by atoms with E-state index in [4.69, 9.17) is 0 Å². The average molecular weight is 185 g/mol. The van der Waals surface area contributed by atoms with Crippen LogP contribution in [-0.4, -0.2) is 24.0 Å². The lowest BCUT2D eigenvalue weighted by Crippen LogP contribution is -2.58. The van der Waals surface area contributed by atoms with Crippen LogP contribution in [0.15, 0.2) is 0 Å². The van der Waals surface area contributed by atoms with Crippen molar-refractivity contribution in [2.45, 2.75) is 60.4 Å². The number of rotatable bonds is 3. The van der Waals surface area contributed by atoms with E-state index >= 15 is 0 Å². The molecule has 0 spiro atoms. The normalized spacial score (nSPS) is 20.5. The van der Waals surface area contributed by atoms with E-state index < -0.39 is 0 Å². The van der Waals surface area contributed by atoms with Crippen LogP contribution in [0.4, 0.5) is 0 Å². The van der Waals surface area contributed by atoms with E-state index in [1.54, 1.807) is 0 Å². The largest absolute Gasteiger partial charge is 0.300 e. The van der Waals surface area contributed by atoms with Crippen LogP contribution in [0.5, 0.6) is 0 Å². The van der Waals surface area contributed by atoms with Crippen LogP contribution in [0.1, 0.15) is 54.4 Å². The van der Waals surface area contributed by atoms with Crippen molar-refractivity contribution < 1.29 is 0 Å². The standard InChI is InChI=1S/C10H21N.C2H6/c1-5-10(6-2)7-11(8-10)9(3)4;1-2/h9H,5-8H2,1-4H3;1-2H3. The second kappa shape index (κ2) is 5.64. The van der Waals surface area contributed by atoms with E-state index in [2.05, 4.69) is 32.6 Å². The van der Waals surface area contributed by atoms with Gasteiger partial charge in [0, 0.05) is 19.1 Å². The predicted octanol–water partition coefficient (Wildman–Crippen LogP) is 3.54. The summed E-state index contributed by atoms with van der Waals surface area (Å²) in [5.74, 6) is 0. The molecule has 1 aliphatic rings. The molecule has 1 saturated heterocycles. The van der Waals surface area contributed by atoms with Gasteiger partial charge in [-0.2, -0.15) is 0 Å². The van der Waals surface area contributed by atoms with Crippen LogP contribution in [0.2, 0.25) is 0 Å². The molecule has 0 radical (unpaired) electrons. The second-order valence-corrected chi connectivity index (χ2v) is 4.21. The van der Waals surface area contributed by atoms with Gasteiger partial charge in [-0.1, -0.05) is 27.7 Å². The Kier molecular flexibility index (Phi) is 5.62. The highest BCUT2D eigenvalue weighted by Gasteiger charge is 2.40. The minimum absolute atomic E-state index is 0.685. The fourth-order valence-corrected chi connectivity index (χ4v) is 1.88. The summed E-state index contributed by atoms with van der Waals surface area (Å²) < 4.78 is 0. The van der Waals surface area contributed by atoms with Crippen LogP contribution < -0.4 is 0 Å². The first-order chi connectivity index (χ1) is 6.13. The van der Waals surface area contributed by atoms with Crippen molar-refractivity contribution in [1.29, 1.82) is 0 Å². The van der Waals surface area contributed by atoms with Crippen molar-refractivity contribution >= 4 is 0 Å². The molecular weight excluding hydrogens is 158 g/mol. The van der Waals surface area contributed by atoms with Gasteiger partial charge in [0.1, 0.15) is 0 Å². The van der Waals surface area contributed by atoms with Crippen molar-refractivity contribution in [1.82, 2.24) is 4.90 Å². The topological polar surface area (TPSA) is 3.24 Å². The summed E-state index contributed by atoms with van der Waals surface area (Å²) in [6, 6.07) is 0.751.